The highest BCUT2D eigenvalue weighted by molar-refractivity contribution is 7.01. The summed E-state index contributed by atoms with van der Waals surface area (Å²) in [5, 5.41) is 0. The third kappa shape index (κ3) is 18.4. The average Bonchev–Trinajstić information content (AvgIpc) is 0.698. The van der Waals surface area contributed by atoms with Crippen molar-refractivity contribution in [2.24, 2.45) is 0 Å². The lowest BCUT2D eigenvalue weighted by Gasteiger charge is -2.42. The summed E-state index contributed by atoms with van der Waals surface area (Å²) in [6.07, 6.45) is 0. The van der Waals surface area contributed by atoms with Gasteiger partial charge in [-0.1, -0.05) is 380 Å². The minimum atomic E-state index is -2.97. The van der Waals surface area contributed by atoms with Crippen molar-refractivity contribution in [1.29, 1.82) is 0 Å². The number of aryl methyl sites for hydroxylation is 2. The highest BCUT2D eigenvalue weighted by Gasteiger charge is 2.48. The normalized spacial score (nSPS) is 19.4. The van der Waals surface area contributed by atoms with E-state index in [9.17, 15) is 0 Å². The standard InChI is InChI=1S/C49H50BNO.C48H49BN2O.C37H42BNO/c1-31-27-43-46-45(28-31)52-44-26-22-38(49(8,9)10)30-41(44)50(46)40-29-35(34-13-20-37(21-14-34)48(5,6)7)17-25-42(40)51(43)39-23-15-33(16-24-39)32-11-18-36(19-12-32)47(2,3)4;1-46(2,3)32-20-24-37(25-21-32)51-41-26-22-33(47(4,5)6)28-39(41)49-40-29-34(48(7,8)9)23-27-43(40)52-44-31-38(30-42(51)45(44)49)50(35-16-12-10-13-17-35)36-18-14-11-15-19-36;1-23-19-31-34-33(20-23)40-32-18-14-26(37(8,9)10)22-29(32)38(34)28-21-25(36(5,6)7)13-17-30(28)39(31)27-15-11-24(12-16-27)35(2,3)4/h11-30H,1-10H3;10-31H,1-9H3;11-22H,1-10H3/i1D3,2D3,5D3,6D3,8D3,9D3;1D3,4D3,7D3,8D3;2D3,5D3,8D3,9D3. The number of fused-ring (bicyclic) bond motifs is 12. The fraction of sp³-hybridized carbons (Fsp3) is 0.284. The molecule has 0 radical (unpaired) electrons. The van der Waals surface area contributed by atoms with Crippen molar-refractivity contribution in [3.8, 4) is 56.8 Å². The van der Waals surface area contributed by atoms with Crippen LogP contribution in [0.4, 0.5) is 68.2 Å². The van der Waals surface area contributed by atoms with Gasteiger partial charge >= 0.3 is 0 Å². The van der Waals surface area contributed by atoms with Gasteiger partial charge in [-0.25, -0.2) is 0 Å². The van der Waals surface area contributed by atoms with Crippen molar-refractivity contribution in [3.63, 3.8) is 0 Å². The zero-order valence-electron chi connectivity index (χ0n) is 125. The number of rotatable bonds is 8. The van der Waals surface area contributed by atoms with E-state index in [2.05, 4.69) is 15.9 Å². The van der Waals surface area contributed by atoms with Gasteiger partial charge in [-0.2, -0.15) is 0 Å². The number of ether oxygens (including phenoxy) is 3. The molecule has 0 aliphatic carbocycles. The summed E-state index contributed by atoms with van der Waals surface area (Å²) in [5.41, 5.74) is 6.31. The van der Waals surface area contributed by atoms with Crippen LogP contribution < -0.4 is 83.0 Å². The van der Waals surface area contributed by atoms with Crippen LogP contribution in [-0.2, 0) is 48.7 Å². The Bertz CT molecular complexity index is 9370. The van der Waals surface area contributed by atoms with Crippen LogP contribution in [0.2, 0.25) is 0 Å². The molecule has 144 heavy (non-hydrogen) atoms. The minimum absolute atomic E-state index is 0.0135. The van der Waals surface area contributed by atoms with E-state index in [4.69, 9.17) is 71.8 Å². The molecule has 6 aliphatic rings. The van der Waals surface area contributed by atoms with E-state index in [0.717, 1.165) is 61.7 Å². The molecule has 16 aromatic rings. The Kier molecular flexibility index (Phi) is 14.7. The van der Waals surface area contributed by atoms with Crippen molar-refractivity contribution in [2.75, 3.05) is 19.6 Å². The van der Waals surface area contributed by atoms with Gasteiger partial charge in [0.15, 0.2) is 0 Å². The number of nitrogens with zero attached hydrogens (tertiary/aromatic N) is 4. The highest BCUT2D eigenvalue weighted by Crippen LogP contribution is 2.51. The quantitative estimate of drug-likeness (QED) is 0.140. The van der Waals surface area contributed by atoms with E-state index >= 15 is 0 Å². The first kappa shape index (κ1) is 59.5. The van der Waals surface area contributed by atoms with Gasteiger partial charge in [0.05, 0.1) is 5.69 Å². The van der Waals surface area contributed by atoms with Gasteiger partial charge in [-0.3, -0.25) is 0 Å². The third-order valence-electron chi connectivity index (χ3n) is 28.5. The SMILES string of the molecule is [2H]C([2H])([2H])C(C)(C)c1ccc(N2c3ccc(C(C)(C)C([2H])([2H])[2H])cc3B3c4cc(C(C)(C([2H])([2H])[2H])C([2H])([2H])[2H])ccc4Oc4cc(C)cc2c43)cc1.[2H]C([2H])([2H])C(C)(C)c1ccc(N2c3ccc(C(C)(C)C([2H])([2H])[2H])cc3B3c4cc(C(C)(C([2H])([2H])[2H])C([2H])([2H])[2H])ccc4Oc4cc(N(c5ccccc5)c5ccccc5)cc2c43)cc1.[2H]C([2H])([2H])c1cc2c3c(c1)N(c1ccc(-c4ccc(C(C)(C)C([2H])([2H])[2H])cc4)cc1)c1ccc(-c4ccc(C(C)(C([2H])([2H])[2H])C([2H])([2H])[2H])cc4)cc1B3c1cc(C(C)(C([2H])([2H])[2H])C([2H])([2H])[2H])ccc1O2. The molecule has 0 spiro atoms. The van der Waals surface area contributed by atoms with Crippen molar-refractivity contribution in [3.05, 3.63) is 389 Å². The van der Waals surface area contributed by atoms with Gasteiger partial charge in [-0.05, 0) is 323 Å². The fourth-order valence-electron chi connectivity index (χ4n) is 20.8. The molecule has 0 amide bonds. The van der Waals surface area contributed by atoms with Gasteiger partial charge in [0, 0.05) is 126 Å². The number of benzene rings is 16. The van der Waals surface area contributed by atoms with Crippen molar-refractivity contribution in [2.45, 2.75) is 249 Å². The first-order valence-electron chi connectivity index (χ1n) is 69.6. The van der Waals surface area contributed by atoms with Gasteiger partial charge in [0.2, 0.25) is 0 Å². The monoisotopic (exact) mass is 1930 g/mol. The smallest absolute Gasteiger partial charge is 0.256 e. The highest BCUT2D eigenvalue weighted by atomic mass is 16.5. The molecule has 6 heterocycles. The van der Waals surface area contributed by atoms with Crippen LogP contribution in [0, 0.1) is 13.8 Å². The molecule has 16 aromatic carbocycles. The largest absolute Gasteiger partial charge is 0.458 e. The Morgan fingerprint density at radius 3 is 0.854 bits per heavy atom. The van der Waals surface area contributed by atoms with Crippen molar-refractivity contribution in [1.82, 2.24) is 0 Å². The Morgan fingerprint density at radius 2 is 0.479 bits per heavy atom. The lowest BCUT2D eigenvalue weighted by molar-refractivity contribution is 0.485. The molecule has 724 valence electrons. The molecular weight excluding hydrogens is 1750 g/mol. The summed E-state index contributed by atoms with van der Waals surface area (Å²) in [5.74, 6) is 2.36. The van der Waals surface area contributed by atoms with Crippen molar-refractivity contribution < 1.29 is 71.8 Å². The lowest BCUT2D eigenvalue weighted by Crippen LogP contribution is -2.60. The van der Waals surface area contributed by atoms with Crippen LogP contribution in [0.1, 0.15) is 305 Å². The predicted octanol–water partition coefficient (Wildman–Crippen LogP) is 31.4. The Hall–Kier alpha value is -13.7. The Morgan fingerprint density at radius 1 is 0.215 bits per heavy atom. The Balaban J connectivity index is 0.000000163. The molecule has 0 atom stereocenters. The zero-order chi connectivity index (χ0) is 137. The summed E-state index contributed by atoms with van der Waals surface area (Å²) in [7, 11) is 0. The number of hydrogen-bond acceptors (Lipinski definition) is 7. The molecule has 0 bridgehead atoms. The van der Waals surface area contributed by atoms with Crippen LogP contribution in [0.15, 0.2) is 328 Å². The second-order valence-corrected chi connectivity index (χ2v) is 42.6. The lowest BCUT2D eigenvalue weighted by atomic mass is 9.33. The minimum Gasteiger partial charge on any atom is -0.458 e. The van der Waals surface area contributed by atoms with Gasteiger partial charge in [-0.15, -0.1) is 0 Å². The summed E-state index contributed by atoms with van der Waals surface area (Å²) < 4.78 is 371. The molecule has 0 aromatic heterocycles. The second-order valence-electron chi connectivity index (χ2n) is 42.6. The topological polar surface area (TPSA) is 40.7 Å². The molecule has 0 fully saturated rings. The molecule has 10 heteroatoms. The predicted molar refractivity (Wildman–Crippen MR) is 620 cm³/mol. The third-order valence-corrected chi connectivity index (χ3v) is 28.5. The maximum absolute atomic E-state index is 8.55. The summed E-state index contributed by atoms with van der Waals surface area (Å²) in [4.78, 5) is 8.13. The molecule has 6 aliphatic heterocycles. The Labute approximate surface area is 919 Å². The zero-order valence-corrected chi connectivity index (χ0v) is 83.4. The maximum atomic E-state index is 8.55. The number of para-hydroxylation sites is 2. The van der Waals surface area contributed by atoms with E-state index in [1.807, 2.05) is 235 Å². The summed E-state index contributed by atoms with van der Waals surface area (Å²) in [6, 6.07) is 97.5. The van der Waals surface area contributed by atoms with Crippen LogP contribution in [0.3, 0.4) is 0 Å². The van der Waals surface area contributed by atoms with Gasteiger partial charge in [0.1, 0.15) is 34.5 Å². The molecule has 0 saturated carbocycles. The van der Waals surface area contributed by atoms with Crippen LogP contribution >= 0.6 is 0 Å². The fourth-order valence-corrected chi connectivity index (χ4v) is 20.8. The summed E-state index contributed by atoms with van der Waals surface area (Å²) >= 11 is 0. The first-order valence-corrected chi connectivity index (χ1v) is 48.6. The molecule has 22 rings (SSSR count). The first-order chi connectivity index (χ1) is 85.3. The van der Waals surface area contributed by atoms with E-state index in [1.165, 1.54) is 70.2 Å². The molecule has 0 saturated heterocycles. The maximum Gasteiger partial charge on any atom is 0.256 e. The number of hydrogen-bond donors (Lipinski definition) is 0. The van der Waals surface area contributed by atoms with E-state index < -0.39 is 165 Å². The van der Waals surface area contributed by atoms with Gasteiger partial charge < -0.3 is 33.8 Å². The summed E-state index contributed by atoms with van der Waals surface area (Å²) in [6.45, 7) is -15.7. The van der Waals surface area contributed by atoms with E-state index in [-0.39, 0.29) is 39.3 Å². The van der Waals surface area contributed by atoms with E-state index in [1.54, 1.807) is 130 Å². The van der Waals surface area contributed by atoms with Gasteiger partial charge in [0.25, 0.3) is 20.1 Å². The van der Waals surface area contributed by atoms with Crippen LogP contribution in [0.25, 0.3) is 22.3 Å². The van der Waals surface area contributed by atoms with Crippen molar-refractivity contribution >= 4 is 138 Å². The molecular formula is C134H141B3N4O3. The second kappa shape index (κ2) is 35.7. The van der Waals surface area contributed by atoms with E-state index in [0.29, 0.717) is 134 Å². The van der Waals surface area contributed by atoms with Crippen LogP contribution in [0.5, 0.6) is 34.5 Å². The molecule has 0 N–H and O–H groups in total. The average molecular weight is 1930 g/mol. The van der Waals surface area contributed by atoms with Crippen LogP contribution in [-0.4, -0.2) is 20.1 Å². The molecule has 7 nitrogen and oxygen atoms in total. The number of anilines is 12. The molecule has 0 unspecified atom stereocenters.